The van der Waals surface area contributed by atoms with Gasteiger partial charge in [0.1, 0.15) is 5.75 Å². The third-order valence-electron chi connectivity index (χ3n) is 4.60. The zero-order valence-corrected chi connectivity index (χ0v) is 15.6. The maximum atomic E-state index is 11.4. The van der Waals surface area contributed by atoms with E-state index in [4.69, 9.17) is 4.74 Å². The Bertz CT molecular complexity index is 943. The Morgan fingerprint density at radius 1 is 1.23 bits per heavy atom. The third kappa shape index (κ3) is 3.17. The van der Waals surface area contributed by atoms with Crippen LogP contribution in [0.15, 0.2) is 42.7 Å². The van der Waals surface area contributed by atoms with E-state index < -0.39 is 11.6 Å². The Hall–Kier alpha value is -2.82. The first kappa shape index (κ1) is 18.0. The molecular weight excluding hydrogens is 328 g/mol. The van der Waals surface area contributed by atoms with E-state index in [1.807, 2.05) is 30.3 Å². The number of pyridine rings is 1. The monoisotopic (exact) mass is 352 g/mol. The van der Waals surface area contributed by atoms with Gasteiger partial charge >= 0.3 is 5.97 Å². The number of hydrogen-bond acceptors (Lipinski definition) is 3. The SMILES string of the molecule is CCCn1c(C)c(-c2ccncc2)c2cc(OC(C)(C)C(=O)O)ccc21. The largest absolute Gasteiger partial charge is 0.478 e. The predicted molar refractivity (Wildman–Crippen MR) is 103 cm³/mol. The van der Waals surface area contributed by atoms with Crippen LogP contribution in [0.2, 0.25) is 0 Å². The van der Waals surface area contributed by atoms with E-state index in [0.29, 0.717) is 5.75 Å². The molecule has 2 aromatic heterocycles. The summed E-state index contributed by atoms with van der Waals surface area (Å²) in [6, 6.07) is 9.78. The molecule has 1 aromatic carbocycles. The van der Waals surface area contributed by atoms with E-state index in [9.17, 15) is 9.90 Å². The molecule has 0 aliphatic carbocycles. The van der Waals surface area contributed by atoms with Gasteiger partial charge in [0.05, 0.1) is 0 Å². The maximum Gasteiger partial charge on any atom is 0.347 e. The maximum absolute atomic E-state index is 11.4. The number of aryl methyl sites for hydroxylation is 1. The fraction of sp³-hybridized carbons (Fsp3) is 0.333. The summed E-state index contributed by atoms with van der Waals surface area (Å²) in [5.41, 5.74) is 3.24. The van der Waals surface area contributed by atoms with E-state index >= 15 is 0 Å². The van der Waals surface area contributed by atoms with Crippen molar-refractivity contribution in [2.45, 2.75) is 46.3 Å². The van der Waals surface area contributed by atoms with Gasteiger partial charge in [-0.2, -0.15) is 0 Å². The van der Waals surface area contributed by atoms with Crippen molar-refractivity contribution in [1.29, 1.82) is 0 Å². The number of carboxylic acids is 1. The van der Waals surface area contributed by atoms with Gasteiger partial charge in [-0.15, -0.1) is 0 Å². The van der Waals surface area contributed by atoms with E-state index in [-0.39, 0.29) is 0 Å². The lowest BCUT2D eigenvalue weighted by molar-refractivity contribution is -0.152. The van der Waals surface area contributed by atoms with Gasteiger partial charge in [-0.1, -0.05) is 6.92 Å². The van der Waals surface area contributed by atoms with Crippen molar-refractivity contribution in [2.24, 2.45) is 0 Å². The molecule has 0 amide bonds. The first-order chi connectivity index (χ1) is 12.3. The van der Waals surface area contributed by atoms with Crippen LogP contribution < -0.4 is 4.74 Å². The Balaban J connectivity index is 2.20. The number of hydrogen-bond donors (Lipinski definition) is 1. The standard InChI is InChI=1S/C21H24N2O3/c1-5-12-23-14(2)19(15-8-10-22-11-9-15)17-13-16(6-7-18(17)23)26-21(3,4)20(24)25/h6-11,13H,5,12H2,1-4H3,(H,24,25). The predicted octanol–water partition coefficient (Wildman–Crippen LogP) is 4.66. The second-order valence-corrected chi connectivity index (χ2v) is 6.94. The number of carbonyl (C=O) groups is 1. The highest BCUT2D eigenvalue weighted by Gasteiger charge is 2.29. The number of rotatable bonds is 6. The molecule has 5 heteroatoms. The molecule has 136 valence electrons. The zero-order valence-electron chi connectivity index (χ0n) is 15.6. The topological polar surface area (TPSA) is 64.4 Å². The summed E-state index contributed by atoms with van der Waals surface area (Å²) < 4.78 is 8.05. The van der Waals surface area contributed by atoms with Crippen LogP contribution in [0.25, 0.3) is 22.0 Å². The quantitative estimate of drug-likeness (QED) is 0.700. The minimum atomic E-state index is -1.29. The lowest BCUT2D eigenvalue weighted by Crippen LogP contribution is -2.37. The van der Waals surface area contributed by atoms with Crippen LogP contribution in [0.5, 0.6) is 5.75 Å². The van der Waals surface area contributed by atoms with Crippen molar-refractivity contribution in [1.82, 2.24) is 9.55 Å². The molecular formula is C21H24N2O3. The van der Waals surface area contributed by atoms with Crippen LogP contribution in [0.1, 0.15) is 32.9 Å². The van der Waals surface area contributed by atoms with Crippen LogP contribution in [-0.4, -0.2) is 26.2 Å². The zero-order chi connectivity index (χ0) is 18.9. The van der Waals surface area contributed by atoms with Crippen molar-refractivity contribution in [3.8, 4) is 16.9 Å². The molecule has 0 aliphatic rings. The van der Waals surface area contributed by atoms with Crippen LogP contribution in [0, 0.1) is 6.92 Å². The van der Waals surface area contributed by atoms with Gasteiger partial charge in [-0.25, -0.2) is 4.79 Å². The Kier molecular flexibility index (Phi) is 4.72. The molecule has 0 atom stereocenters. The molecule has 0 saturated carbocycles. The molecule has 0 spiro atoms. The van der Waals surface area contributed by atoms with Crippen molar-refractivity contribution in [3.05, 3.63) is 48.4 Å². The lowest BCUT2D eigenvalue weighted by Gasteiger charge is -2.21. The lowest BCUT2D eigenvalue weighted by atomic mass is 10.0. The molecule has 0 unspecified atom stereocenters. The number of fused-ring (bicyclic) bond motifs is 1. The van der Waals surface area contributed by atoms with Gasteiger partial charge in [0, 0.05) is 41.1 Å². The normalized spacial score (nSPS) is 11.7. The fourth-order valence-corrected chi connectivity index (χ4v) is 3.26. The minimum absolute atomic E-state index is 0.550. The van der Waals surface area contributed by atoms with E-state index in [1.54, 1.807) is 26.2 Å². The smallest absolute Gasteiger partial charge is 0.347 e. The number of aliphatic carboxylic acids is 1. The highest BCUT2D eigenvalue weighted by Crippen LogP contribution is 2.37. The second-order valence-electron chi connectivity index (χ2n) is 6.94. The molecule has 0 radical (unpaired) electrons. The van der Waals surface area contributed by atoms with Crippen LogP contribution in [0.3, 0.4) is 0 Å². The van der Waals surface area contributed by atoms with Crippen molar-refractivity contribution in [3.63, 3.8) is 0 Å². The number of aromatic nitrogens is 2. The summed E-state index contributed by atoms with van der Waals surface area (Å²) in [5, 5.41) is 10.4. The van der Waals surface area contributed by atoms with Gasteiger partial charge in [-0.3, -0.25) is 4.98 Å². The first-order valence-electron chi connectivity index (χ1n) is 8.80. The minimum Gasteiger partial charge on any atom is -0.478 e. The van der Waals surface area contributed by atoms with Gasteiger partial charge < -0.3 is 14.4 Å². The van der Waals surface area contributed by atoms with Gasteiger partial charge in [0.2, 0.25) is 0 Å². The number of nitrogens with zero attached hydrogens (tertiary/aromatic N) is 2. The molecule has 3 rings (SSSR count). The summed E-state index contributed by atoms with van der Waals surface area (Å²) in [5.74, 6) is -0.444. The van der Waals surface area contributed by atoms with Crippen molar-refractivity contribution >= 4 is 16.9 Å². The average molecular weight is 352 g/mol. The summed E-state index contributed by atoms with van der Waals surface area (Å²) in [4.78, 5) is 15.5. The molecule has 3 aromatic rings. The van der Waals surface area contributed by atoms with Crippen LogP contribution in [0.4, 0.5) is 0 Å². The highest BCUT2D eigenvalue weighted by molar-refractivity contribution is 5.98. The summed E-state index contributed by atoms with van der Waals surface area (Å²) in [7, 11) is 0. The third-order valence-corrected chi connectivity index (χ3v) is 4.60. The van der Waals surface area contributed by atoms with Gasteiger partial charge in [0.25, 0.3) is 0 Å². The van der Waals surface area contributed by atoms with Crippen LogP contribution in [-0.2, 0) is 11.3 Å². The number of ether oxygens (including phenoxy) is 1. The average Bonchev–Trinajstić information content (AvgIpc) is 2.87. The van der Waals surface area contributed by atoms with E-state index in [2.05, 4.69) is 23.4 Å². The summed E-state index contributed by atoms with van der Waals surface area (Å²) >= 11 is 0. The Morgan fingerprint density at radius 2 is 1.92 bits per heavy atom. The Labute approximate surface area is 153 Å². The fourth-order valence-electron chi connectivity index (χ4n) is 3.26. The molecule has 0 aliphatic heterocycles. The summed E-state index contributed by atoms with van der Waals surface area (Å²) in [6.45, 7) is 8.30. The highest BCUT2D eigenvalue weighted by atomic mass is 16.5. The van der Waals surface area contributed by atoms with Gasteiger partial charge in [-0.05, 0) is 63.1 Å². The van der Waals surface area contributed by atoms with E-state index in [0.717, 1.165) is 35.0 Å². The summed E-state index contributed by atoms with van der Waals surface area (Å²) in [6.07, 6.45) is 4.60. The molecule has 0 fully saturated rings. The molecule has 1 N–H and O–H groups in total. The van der Waals surface area contributed by atoms with Crippen molar-refractivity contribution < 1.29 is 14.6 Å². The number of carboxylic acid groups (broad SMARTS) is 1. The molecule has 26 heavy (non-hydrogen) atoms. The Morgan fingerprint density at radius 3 is 2.54 bits per heavy atom. The van der Waals surface area contributed by atoms with Crippen LogP contribution >= 0.6 is 0 Å². The van der Waals surface area contributed by atoms with Gasteiger partial charge in [0.15, 0.2) is 5.60 Å². The molecule has 5 nitrogen and oxygen atoms in total. The molecule has 0 bridgehead atoms. The number of benzene rings is 1. The second kappa shape index (κ2) is 6.83. The molecule has 2 heterocycles. The van der Waals surface area contributed by atoms with E-state index in [1.165, 1.54) is 5.69 Å². The van der Waals surface area contributed by atoms with Crippen molar-refractivity contribution in [2.75, 3.05) is 0 Å². The first-order valence-corrected chi connectivity index (χ1v) is 8.80. The molecule has 0 saturated heterocycles.